The Hall–Kier alpha value is -7.17. The van der Waals surface area contributed by atoms with Crippen LogP contribution in [0.4, 0.5) is 11.4 Å². The molecular weight excluding hydrogens is 705 g/mol. The first kappa shape index (κ1) is 33.0. The van der Waals surface area contributed by atoms with Crippen molar-refractivity contribution in [1.29, 1.82) is 0 Å². The summed E-state index contributed by atoms with van der Waals surface area (Å²) < 4.78 is 0. The largest absolute Gasteiger partial charge is 0.376 e. The van der Waals surface area contributed by atoms with Crippen LogP contribution in [0.5, 0.6) is 0 Å². The van der Waals surface area contributed by atoms with E-state index in [1.165, 1.54) is 49.2 Å². The molecule has 274 valence electrons. The first-order valence-corrected chi connectivity index (χ1v) is 20.4. The summed E-state index contributed by atoms with van der Waals surface area (Å²) in [7, 11) is 0. The number of fused-ring (bicyclic) bond motifs is 9. The van der Waals surface area contributed by atoms with Crippen LogP contribution in [-0.4, -0.2) is 15.7 Å². The lowest BCUT2D eigenvalue weighted by atomic mass is 9.91. The van der Waals surface area contributed by atoms with Gasteiger partial charge in [0.05, 0.1) is 39.8 Å². The lowest BCUT2D eigenvalue weighted by molar-refractivity contribution is 0.670. The van der Waals surface area contributed by atoms with E-state index in [-0.39, 0.29) is 6.04 Å². The molecule has 0 bridgehead atoms. The molecule has 2 aromatic heterocycles. The minimum atomic E-state index is 0.236. The molecule has 0 saturated carbocycles. The molecule has 0 saturated heterocycles. The van der Waals surface area contributed by atoms with Gasteiger partial charge >= 0.3 is 0 Å². The molecule has 0 radical (unpaired) electrons. The Balaban J connectivity index is 0.889. The third-order valence-corrected chi connectivity index (χ3v) is 12.5. The third kappa shape index (κ3) is 5.63. The van der Waals surface area contributed by atoms with Gasteiger partial charge in [0, 0.05) is 27.6 Å². The van der Waals surface area contributed by atoms with E-state index in [9.17, 15) is 0 Å². The summed E-state index contributed by atoms with van der Waals surface area (Å²) >= 11 is 0. The Labute approximate surface area is 336 Å². The van der Waals surface area contributed by atoms with Crippen molar-refractivity contribution in [2.24, 2.45) is 4.99 Å². The Morgan fingerprint density at radius 2 is 0.966 bits per heavy atom. The number of benzene rings is 8. The van der Waals surface area contributed by atoms with Crippen LogP contribution in [0, 0.1) is 0 Å². The van der Waals surface area contributed by atoms with Crippen LogP contribution in [-0.2, 0) is 12.8 Å². The highest BCUT2D eigenvalue weighted by atomic mass is 15.0. The third-order valence-electron chi connectivity index (χ3n) is 12.5. The molecule has 0 aliphatic carbocycles. The van der Waals surface area contributed by atoms with E-state index in [4.69, 9.17) is 15.0 Å². The van der Waals surface area contributed by atoms with Crippen molar-refractivity contribution in [3.05, 3.63) is 192 Å². The smallest absolute Gasteiger partial charge is 0.0968 e. The normalized spacial score (nSPS) is 15.0. The maximum atomic E-state index is 5.35. The number of hydrogen-bond acceptors (Lipinski definition) is 4. The van der Waals surface area contributed by atoms with Gasteiger partial charge in [0.2, 0.25) is 0 Å². The molecule has 8 aromatic carbocycles. The summed E-state index contributed by atoms with van der Waals surface area (Å²) in [5.41, 5.74) is 14.5. The predicted octanol–water partition coefficient (Wildman–Crippen LogP) is 13.7. The van der Waals surface area contributed by atoms with E-state index in [1.54, 1.807) is 0 Å². The molecule has 12 rings (SSSR count). The lowest BCUT2D eigenvalue weighted by Gasteiger charge is -2.28. The number of aryl methyl sites for hydroxylation is 2. The second kappa shape index (κ2) is 13.2. The summed E-state index contributed by atoms with van der Waals surface area (Å²) in [6.45, 7) is 0. The van der Waals surface area contributed by atoms with E-state index in [0.717, 1.165) is 92.5 Å². The van der Waals surface area contributed by atoms with Crippen LogP contribution < -0.4 is 5.32 Å². The predicted molar refractivity (Wildman–Crippen MR) is 243 cm³/mol. The van der Waals surface area contributed by atoms with Gasteiger partial charge in [0.15, 0.2) is 0 Å². The molecule has 1 atom stereocenters. The minimum absolute atomic E-state index is 0.236. The summed E-state index contributed by atoms with van der Waals surface area (Å²) in [4.78, 5) is 16.0. The van der Waals surface area contributed by atoms with Gasteiger partial charge in [-0.05, 0) is 117 Å². The number of nitrogens with zero attached hydrogens (tertiary/aromatic N) is 3. The van der Waals surface area contributed by atoms with Gasteiger partial charge in [-0.1, -0.05) is 133 Å². The number of anilines is 1. The van der Waals surface area contributed by atoms with E-state index in [0.29, 0.717) is 0 Å². The first-order valence-electron chi connectivity index (χ1n) is 20.4. The average Bonchev–Trinajstić information content (AvgIpc) is 3.30. The van der Waals surface area contributed by atoms with Crippen molar-refractivity contribution in [3.63, 3.8) is 0 Å². The van der Waals surface area contributed by atoms with Crippen molar-refractivity contribution in [2.45, 2.75) is 31.7 Å². The molecule has 1 unspecified atom stereocenters. The fourth-order valence-corrected chi connectivity index (χ4v) is 9.27. The van der Waals surface area contributed by atoms with Gasteiger partial charge in [0.25, 0.3) is 0 Å². The molecular formula is C54H38N4. The molecule has 4 heteroatoms. The average molecular weight is 743 g/mol. The summed E-state index contributed by atoms with van der Waals surface area (Å²) in [5, 5.41) is 13.6. The Morgan fingerprint density at radius 1 is 0.414 bits per heavy atom. The van der Waals surface area contributed by atoms with Crippen LogP contribution in [0.3, 0.4) is 0 Å². The minimum Gasteiger partial charge on any atom is -0.376 e. The molecule has 2 aliphatic heterocycles. The van der Waals surface area contributed by atoms with Gasteiger partial charge in [-0.25, -0.2) is 9.97 Å². The zero-order chi connectivity index (χ0) is 38.2. The maximum Gasteiger partial charge on any atom is 0.0968 e. The zero-order valence-electron chi connectivity index (χ0n) is 31.9. The van der Waals surface area contributed by atoms with Gasteiger partial charge in [-0.3, -0.25) is 4.99 Å². The second-order valence-electron chi connectivity index (χ2n) is 15.9. The Bertz CT molecular complexity index is 3340. The van der Waals surface area contributed by atoms with Gasteiger partial charge in [-0.15, -0.1) is 0 Å². The van der Waals surface area contributed by atoms with Crippen molar-refractivity contribution in [3.8, 4) is 22.5 Å². The fraction of sp³-hybridized carbons (Fsp3) is 0.0926. The van der Waals surface area contributed by atoms with Crippen molar-refractivity contribution in [1.82, 2.24) is 9.97 Å². The van der Waals surface area contributed by atoms with E-state index in [1.807, 2.05) is 0 Å². The number of pyridine rings is 2. The molecule has 4 heterocycles. The summed E-state index contributed by atoms with van der Waals surface area (Å²) in [6, 6.07) is 61.9. The topological polar surface area (TPSA) is 50.2 Å². The highest BCUT2D eigenvalue weighted by Gasteiger charge is 2.23. The fourth-order valence-electron chi connectivity index (χ4n) is 9.27. The molecule has 1 N–H and O–H groups in total. The number of hydrogen-bond donors (Lipinski definition) is 1. The quantitative estimate of drug-likeness (QED) is 0.195. The molecule has 2 aliphatic rings. The lowest BCUT2D eigenvalue weighted by Crippen LogP contribution is -2.18. The monoisotopic (exact) mass is 742 g/mol. The van der Waals surface area contributed by atoms with Crippen LogP contribution in [0.25, 0.3) is 76.6 Å². The van der Waals surface area contributed by atoms with Gasteiger partial charge in [0.1, 0.15) is 0 Å². The summed E-state index contributed by atoms with van der Waals surface area (Å²) in [6.07, 6.45) is 3.94. The maximum absolute atomic E-state index is 5.35. The SMILES string of the molecule is c1ccc2cc(C3=Nc4c(ccc5ccc(-c6ccc7ccc(-c8ccc9ccc%10c(c9n8)NC(c8ccc9ccccc9c8)CC%10)cc7c6)nc45)CC3)ccc2c1. The van der Waals surface area contributed by atoms with Crippen LogP contribution in [0.1, 0.15) is 41.1 Å². The van der Waals surface area contributed by atoms with Crippen LogP contribution in [0.2, 0.25) is 0 Å². The molecule has 0 amide bonds. The molecule has 4 nitrogen and oxygen atoms in total. The molecule has 10 aromatic rings. The number of rotatable bonds is 4. The van der Waals surface area contributed by atoms with Gasteiger partial charge < -0.3 is 5.32 Å². The highest BCUT2D eigenvalue weighted by Crippen LogP contribution is 2.40. The molecule has 0 spiro atoms. The first-order chi connectivity index (χ1) is 28.7. The Morgan fingerprint density at radius 3 is 1.71 bits per heavy atom. The number of nitrogens with one attached hydrogen (secondary N) is 1. The van der Waals surface area contributed by atoms with Crippen LogP contribution in [0.15, 0.2) is 175 Å². The highest BCUT2D eigenvalue weighted by molar-refractivity contribution is 6.08. The standard InChI is InChI=1S/C54H38N4/c1-3-7-40-29-42(17-9-33(40)5-1)47-25-21-36-13-15-38-23-27-49(57-53(38)51(36)55-47)44-19-11-35-12-20-45(32-46(35)31-44)50-28-24-39-16-14-37-22-26-48(56-52(37)54(39)58-50)43-18-10-34-6-2-4-8-41(34)30-43/h1-20,23-24,27-32,47,55H,21-22,25-26H2. The summed E-state index contributed by atoms with van der Waals surface area (Å²) in [5.74, 6) is 0. The van der Waals surface area contributed by atoms with E-state index in [2.05, 4.69) is 175 Å². The molecule has 0 fully saturated rings. The van der Waals surface area contributed by atoms with E-state index >= 15 is 0 Å². The van der Waals surface area contributed by atoms with Crippen molar-refractivity contribution >= 4 is 71.2 Å². The number of aromatic nitrogens is 2. The number of aliphatic imine (C=N–C) groups is 1. The second-order valence-corrected chi connectivity index (χ2v) is 15.9. The molecule has 58 heavy (non-hydrogen) atoms. The zero-order valence-corrected chi connectivity index (χ0v) is 31.9. The van der Waals surface area contributed by atoms with E-state index < -0.39 is 0 Å². The van der Waals surface area contributed by atoms with Crippen LogP contribution >= 0.6 is 0 Å². The van der Waals surface area contributed by atoms with Gasteiger partial charge in [-0.2, -0.15) is 0 Å². The Kier molecular flexibility index (Phi) is 7.52. The van der Waals surface area contributed by atoms with Crippen molar-refractivity contribution < 1.29 is 0 Å². The van der Waals surface area contributed by atoms with Crippen molar-refractivity contribution in [2.75, 3.05) is 5.32 Å².